The Balaban J connectivity index is 2.80. The summed E-state index contributed by atoms with van der Waals surface area (Å²) in [6.45, 7) is 2.65. The number of ether oxygens (including phenoxy) is 1. The van der Waals surface area contributed by atoms with Gasteiger partial charge in [-0.15, -0.1) is 11.8 Å². The van der Waals surface area contributed by atoms with Gasteiger partial charge in [0.2, 0.25) is 0 Å². The van der Waals surface area contributed by atoms with Gasteiger partial charge in [-0.25, -0.2) is 4.39 Å². The lowest BCUT2D eigenvalue weighted by Crippen LogP contribution is -1.99. The number of thioether (sulfide) groups is 1. The summed E-state index contributed by atoms with van der Waals surface area (Å²) in [5.74, 6) is 0.0731. The van der Waals surface area contributed by atoms with Crippen LogP contribution in [0.25, 0.3) is 0 Å². The number of unbranched alkanes of at least 4 members (excludes halogenated alkanes) is 1. The van der Waals surface area contributed by atoms with Gasteiger partial charge >= 0.3 is 0 Å². The second kappa shape index (κ2) is 6.38. The third kappa shape index (κ3) is 3.38. The van der Waals surface area contributed by atoms with Crippen molar-refractivity contribution in [3.63, 3.8) is 0 Å². The Morgan fingerprint density at radius 1 is 1.47 bits per heavy atom. The molecule has 0 saturated carbocycles. The van der Waals surface area contributed by atoms with Gasteiger partial charge in [0, 0.05) is 4.47 Å². The molecule has 84 valence electrons. The minimum Gasteiger partial charge on any atom is -0.490 e. The van der Waals surface area contributed by atoms with Crippen molar-refractivity contribution in [3.8, 4) is 5.75 Å². The smallest absolute Gasteiger partial charge is 0.179 e. The minimum atomic E-state index is -0.270. The van der Waals surface area contributed by atoms with Crippen LogP contribution < -0.4 is 4.74 Å². The second-order valence-electron chi connectivity index (χ2n) is 3.09. The molecule has 1 aromatic rings. The van der Waals surface area contributed by atoms with E-state index in [0.717, 1.165) is 17.3 Å². The first-order valence-electron chi connectivity index (χ1n) is 4.85. The minimum absolute atomic E-state index is 0.270. The summed E-state index contributed by atoms with van der Waals surface area (Å²) in [6, 6.07) is 3.48. The molecule has 0 amide bonds. The van der Waals surface area contributed by atoms with Gasteiger partial charge < -0.3 is 4.74 Å². The van der Waals surface area contributed by atoms with Crippen molar-refractivity contribution in [1.82, 2.24) is 0 Å². The van der Waals surface area contributed by atoms with Gasteiger partial charge in [-0.2, -0.15) is 0 Å². The highest BCUT2D eigenvalue weighted by Crippen LogP contribution is 2.33. The van der Waals surface area contributed by atoms with E-state index in [-0.39, 0.29) is 5.82 Å². The molecular weight excluding hydrogens is 279 g/mol. The first kappa shape index (κ1) is 12.8. The van der Waals surface area contributed by atoms with Crippen LogP contribution >= 0.6 is 27.7 Å². The fourth-order valence-electron chi connectivity index (χ4n) is 1.14. The predicted molar refractivity (Wildman–Crippen MR) is 66.3 cm³/mol. The second-order valence-corrected chi connectivity index (χ2v) is 4.77. The number of benzene rings is 1. The first-order valence-corrected chi connectivity index (χ1v) is 6.87. The molecule has 0 aliphatic rings. The highest BCUT2D eigenvalue weighted by molar-refractivity contribution is 9.10. The Morgan fingerprint density at radius 2 is 2.20 bits per heavy atom. The molecule has 4 heteroatoms. The average Bonchev–Trinajstić information content (AvgIpc) is 2.22. The van der Waals surface area contributed by atoms with E-state index in [1.165, 1.54) is 11.8 Å². The Hall–Kier alpha value is -0.220. The van der Waals surface area contributed by atoms with Crippen molar-refractivity contribution in [1.29, 1.82) is 0 Å². The molecule has 1 aromatic carbocycles. The SMILES string of the molecule is CCCCOc1ccc(Br)c(SC)c1F. The van der Waals surface area contributed by atoms with Crippen LogP contribution in [0, 0.1) is 5.82 Å². The number of halogens is 2. The van der Waals surface area contributed by atoms with E-state index >= 15 is 0 Å². The molecule has 0 atom stereocenters. The Kier molecular flexibility index (Phi) is 5.47. The van der Waals surface area contributed by atoms with Gasteiger partial charge in [0.15, 0.2) is 11.6 Å². The summed E-state index contributed by atoms with van der Waals surface area (Å²) in [6.07, 6.45) is 3.84. The van der Waals surface area contributed by atoms with Gasteiger partial charge in [-0.3, -0.25) is 0 Å². The summed E-state index contributed by atoms with van der Waals surface area (Å²) < 4.78 is 19.9. The van der Waals surface area contributed by atoms with E-state index in [1.54, 1.807) is 6.07 Å². The van der Waals surface area contributed by atoms with Gasteiger partial charge in [0.25, 0.3) is 0 Å². The molecule has 0 radical (unpaired) electrons. The van der Waals surface area contributed by atoms with Crippen LogP contribution in [-0.2, 0) is 0 Å². The maximum atomic E-state index is 13.8. The standard InChI is InChI=1S/C11H14BrFOS/c1-3-4-7-14-9-6-5-8(12)11(15-2)10(9)13/h5-6H,3-4,7H2,1-2H3. The molecule has 0 saturated heterocycles. The van der Waals surface area contributed by atoms with Crippen LogP contribution in [0.1, 0.15) is 19.8 Å². The summed E-state index contributed by atoms with van der Waals surface area (Å²) >= 11 is 4.68. The molecule has 1 nitrogen and oxygen atoms in total. The van der Waals surface area contributed by atoms with Crippen molar-refractivity contribution in [2.45, 2.75) is 24.7 Å². The molecular formula is C11H14BrFOS. The van der Waals surface area contributed by atoms with Crippen LogP contribution in [-0.4, -0.2) is 12.9 Å². The molecule has 0 N–H and O–H groups in total. The van der Waals surface area contributed by atoms with E-state index < -0.39 is 0 Å². The molecule has 0 aliphatic carbocycles. The van der Waals surface area contributed by atoms with Crippen molar-refractivity contribution >= 4 is 27.7 Å². The molecule has 0 aliphatic heterocycles. The maximum absolute atomic E-state index is 13.8. The lowest BCUT2D eigenvalue weighted by molar-refractivity contribution is 0.291. The third-order valence-corrected chi connectivity index (χ3v) is 3.70. The van der Waals surface area contributed by atoms with Crippen molar-refractivity contribution in [2.75, 3.05) is 12.9 Å². The van der Waals surface area contributed by atoms with Crippen molar-refractivity contribution in [3.05, 3.63) is 22.4 Å². The fourth-order valence-corrected chi connectivity index (χ4v) is 2.47. The Bertz CT molecular complexity index is 331. The van der Waals surface area contributed by atoms with Crippen molar-refractivity contribution < 1.29 is 9.13 Å². The van der Waals surface area contributed by atoms with Gasteiger partial charge in [-0.05, 0) is 40.7 Å². The van der Waals surface area contributed by atoms with Crippen LogP contribution in [0.15, 0.2) is 21.5 Å². The molecule has 0 bridgehead atoms. The van der Waals surface area contributed by atoms with E-state index in [0.29, 0.717) is 17.3 Å². The number of hydrogen-bond acceptors (Lipinski definition) is 2. The van der Waals surface area contributed by atoms with E-state index in [2.05, 4.69) is 22.9 Å². The first-order chi connectivity index (χ1) is 7.20. The van der Waals surface area contributed by atoms with Gasteiger partial charge in [0.1, 0.15) is 0 Å². The third-order valence-electron chi connectivity index (χ3n) is 1.97. The molecule has 0 spiro atoms. The van der Waals surface area contributed by atoms with E-state index in [4.69, 9.17) is 4.74 Å². The van der Waals surface area contributed by atoms with E-state index in [9.17, 15) is 4.39 Å². The monoisotopic (exact) mass is 292 g/mol. The summed E-state index contributed by atoms with van der Waals surface area (Å²) in [5, 5.41) is 0. The summed E-state index contributed by atoms with van der Waals surface area (Å²) in [5.41, 5.74) is 0. The van der Waals surface area contributed by atoms with Gasteiger partial charge in [-0.1, -0.05) is 13.3 Å². The molecule has 0 heterocycles. The molecule has 0 unspecified atom stereocenters. The number of hydrogen-bond donors (Lipinski definition) is 0. The topological polar surface area (TPSA) is 9.23 Å². The maximum Gasteiger partial charge on any atom is 0.179 e. The summed E-state index contributed by atoms with van der Waals surface area (Å²) in [7, 11) is 0. The molecule has 15 heavy (non-hydrogen) atoms. The molecule has 0 aromatic heterocycles. The summed E-state index contributed by atoms with van der Waals surface area (Å²) in [4.78, 5) is 0.601. The predicted octanol–water partition coefficient (Wildman–Crippen LogP) is 4.49. The lowest BCUT2D eigenvalue weighted by atomic mass is 10.3. The quantitative estimate of drug-likeness (QED) is 0.584. The highest BCUT2D eigenvalue weighted by atomic mass is 79.9. The molecule has 1 rings (SSSR count). The largest absolute Gasteiger partial charge is 0.490 e. The number of rotatable bonds is 5. The van der Waals surface area contributed by atoms with E-state index in [1.807, 2.05) is 12.3 Å². The van der Waals surface area contributed by atoms with Crippen LogP contribution in [0.2, 0.25) is 0 Å². The zero-order chi connectivity index (χ0) is 11.3. The lowest BCUT2D eigenvalue weighted by Gasteiger charge is -2.09. The normalized spacial score (nSPS) is 10.4. The highest BCUT2D eigenvalue weighted by Gasteiger charge is 2.11. The molecule has 0 fully saturated rings. The zero-order valence-corrected chi connectivity index (χ0v) is 11.3. The Morgan fingerprint density at radius 3 is 2.80 bits per heavy atom. The van der Waals surface area contributed by atoms with Crippen LogP contribution in [0.4, 0.5) is 4.39 Å². The zero-order valence-electron chi connectivity index (χ0n) is 8.85. The van der Waals surface area contributed by atoms with Crippen LogP contribution in [0.5, 0.6) is 5.75 Å². The Labute approximate surface area is 103 Å². The van der Waals surface area contributed by atoms with Crippen LogP contribution in [0.3, 0.4) is 0 Å². The van der Waals surface area contributed by atoms with Crippen molar-refractivity contribution in [2.24, 2.45) is 0 Å². The average molecular weight is 293 g/mol. The fraction of sp³-hybridized carbons (Fsp3) is 0.455. The van der Waals surface area contributed by atoms with Gasteiger partial charge in [0.05, 0.1) is 11.5 Å².